The van der Waals surface area contributed by atoms with Crippen LogP contribution in [0, 0.1) is 0 Å². The first kappa shape index (κ1) is 23.3. The maximum absolute atomic E-state index is 5.99. The molecule has 1 heterocycles. The molecule has 0 aliphatic heterocycles. The number of hydrogen-bond acceptors (Lipinski definition) is 5. The monoisotopic (exact) mass is 491 g/mol. The van der Waals surface area contributed by atoms with Gasteiger partial charge in [0, 0.05) is 10.9 Å². The van der Waals surface area contributed by atoms with Gasteiger partial charge in [-0.05, 0) is 47.5 Å². The van der Waals surface area contributed by atoms with Gasteiger partial charge in [0.05, 0.1) is 24.7 Å². The summed E-state index contributed by atoms with van der Waals surface area (Å²) in [6.45, 7) is 0.518. The summed E-state index contributed by atoms with van der Waals surface area (Å²) >= 11 is 1.55. The van der Waals surface area contributed by atoms with Crippen LogP contribution in [-0.2, 0) is 6.61 Å². The van der Waals surface area contributed by atoms with Gasteiger partial charge in [-0.1, -0.05) is 72.8 Å². The Hall–Kier alpha value is -4.42. The molecule has 0 atom stereocenters. The van der Waals surface area contributed by atoms with E-state index in [2.05, 4.69) is 29.6 Å². The minimum absolute atomic E-state index is 0.518. The number of aromatic nitrogens is 1. The number of nitrogens with zero attached hydrogens (tertiary/aromatic N) is 3. The van der Waals surface area contributed by atoms with E-state index in [0.29, 0.717) is 6.61 Å². The summed E-state index contributed by atoms with van der Waals surface area (Å²) in [5.74, 6) is 1.59. The highest BCUT2D eigenvalue weighted by molar-refractivity contribution is 7.07. The molecule has 0 saturated heterocycles. The molecule has 4 aromatic carbocycles. The van der Waals surface area contributed by atoms with E-state index in [1.807, 2.05) is 95.8 Å². The Kier molecular flexibility index (Phi) is 7.35. The zero-order valence-electron chi connectivity index (χ0n) is 19.8. The Labute approximate surface area is 214 Å². The van der Waals surface area contributed by atoms with Gasteiger partial charge >= 0.3 is 0 Å². The van der Waals surface area contributed by atoms with Gasteiger partial charge in [-0.25, -0.2) is 9.67 Å². The van der Waals surface area contributed by atoms with Crippen LogP contribution in [0.5, 0.6) is 11.5 Å². The van der Waals surface area contributed by atoms with Gasteiger partial charge in [0.15, 0.2) is 0 Å². The molecular formula is C30H25N3O2S. The molecule has 0 bridgehead atoms. The standard InChI is InChI=1S/C30H25N3O2S/c1-34-27-17-15-26(16-18-27)32-30-33(29(22-36-30)25-12-6-3-7-13-25)31-20-24-11-8-14-28(19-24)35-21-23-9-4-2-5-10-23/h2-20,22H,21H2,1H3/b31-20+,32-30?. The van der Waals surface area contributed by atoms with E-state index in [9.17, 15) is 0 Å². The third-order valence-electron chi connectivity index (χ3n) is 5.48. The van der Waals surface area contributed by atoms with E-state index in [-0.39, 0.29) is 0 Å². The van der Waals surface area contributed by atoms with Crippen molar-refractivity contribution >= 4 is 23.2 Å². The van der Waals surface area contributed by atoms with Crippen molar-refractivity contribution in [3.05, 3.63) is 131 Å². The fourth-order valence-electron chi connectivity index (χ4n) is 3.61. The molecule has 36 heavy (non-hydrogen) atoms. The zero-order chi connectivity index (χ0) is 24.6. The maximum atomic E-state index is 5.99. The first-order chi connectivity index (χ1) is 17.8. The molecule has 0 saturated carbocycles. The average Bonchev–Trinajstić information content (AvgIpc) is 3.34. The Morgan fingerprint density at radius 3 is 2.31 bits per heavy atom. The van der Waals surface area contributed by atoms with E-state index >= 15 is 0 Å². The molecule has 5 aromatic rings. The largest absolute Gasteiger partial charge is 0.497 e. The van der Waals surface area contributed by atoms with Crippen molar-refractivity contribution in [2.45, 2.75) is 6.61 Å². The van der Waals surface area contributed by atoms with E-state index in [1.54, 1.807) is 18.4 Å². The molecule has 0 unspecified atom stereocenters. The second-order valence-electron chi connectivity index (χ2n) is 7.98. The number of rotatable bonds is 8. The van der Waals surface area contributed by atoms with Gasteiger partial charge in [-0.3, -0.25) is 0 Å². The van der Waals surface area contributed by atoms with Crippen LogP contribution in [0.25, 0.3) is 11.3 Å². The minimum Gasteiger partial charge on any atom is -0.497 e. The molecule has 0 amide bonds. The van der Waals surface area contributed by atoms with E-state index in [0.717, 1.165) is 44.4 Å². The normalized spacial score (nSPS) is 11.6. The van der Waals surface area contributed by atoms with E-state index in [1.165, 1.54) is 0 Å². The summed E-state index contributed by atoms with van der Waals surface area (Å²) in [4.78, 5) is 5.61. The molecule has 0 aliphatic carbocycles. The summed E-state index contributed by atoms with van der Waals surface area (Å²) in [5, 5.41) is 6.91. The molecule has 5 rings (SSSR count). The van der Waals surface area contributed by atoms with Crippen LogP contribution in [0.4, 0.5) is 5.69 Å². The molecule has 5 nitrogen and oxygen atoms in total. The lowest BCUT2D eigenvalue weighted by molar-refractivity contribution is 0.306. The molecule has 178 valence electrons. The number of benzene rings is 4. The quantitative estimate of drug-likeness (QED) is 0.221. The summed E-state index contributed by atoms with van der Waals surface area (Å²) < 4.78 is 13.1. The highest BCUT2D eigenvalue weighted by Gasteiger charge is 2.07. The average molecular weight is 492 g/mol. The minimum atomic E-state index is 0.518. The van der Waals surface area contributed by atoms with Gasteiger partial charge in [-0.2, -0.15) is 5.10 Å². The van der Waals surface area contributed by atoms with Crippen molar-refractivity contribution in [3.63, 3.8) is 0 Å². The van der Waals surface area contributed by atoms with Crippen LogP contribution in [0.15, 0.2) is 125 Å². The van der Waals surface area contributed by atoms with Crippen molar-refractivity contribution < 1.29 is 9.47 Å². The zero-order valence-corrected chi connectivity index (χ0v) is 20.6. The van der Waals surface area contributed by atoms with Gasteiger partial charge in [-0.15, -0.1) is 11.3 Å². The third kappa shape index (κ3) is 5.79. The van der Waals surface area contributed by atoms with Crippen molar-refractivity contribution in [1.82, 2.24) is 4.68 Å². The summed E-state index contributed by atoms with van der Waals surface area (Å²) in [6.07, 6.45) is 1.83. The van der Waals surface area contributed by atoms with Crippen molar-refractivity contribution in [2.24, 2.45) is 10.1 Å². The number of thiazole rings is 1. The molecule has 6 heteroatoms. The lowest BCUT2D eigenvalue weighted by Crippen LogP contribution is -2.11. The van der Waals surface area contributed by atoms with Crippen LogP contribution < -0.4 is 14.3 Å². The number of methoxy groups -OCH3 is 1. The molecule has 0 N–H and O–H groups in total. The van der Waals surface area contributed by atoms with Gasteiger partial charge in [0.1, 0.15) is 18.1 Å². The van der Waals surface area contributed by atoms with Gasteiger partial charge in [0.2, 0.25) is 4.80 Å². The SMILES string of the molecule is COc1ccc(N=c2scc(-c3ccccc3)n2/N=C/c2cccc(OCc3ccccc3)c2)cc1. The molecule has 1 aromatic heterocycles. The van der Waals surface area contributed by atoms with E-state index < -0.39 is 0 Å². The second-order valence-corrected chi connectivity index (χ2v) is 8.82. The first-order valence-corrected chi connectivity index (χ1v) is 12.4. The molecule has 0 aliphatic rings. The Morgan fingerprint density at radius 2 is 1.56 bits per heavy atom. The lowest BCUT2D eigenvalue weighted by Gasteiger charge is -2.07. The van der Waals surface area contributed by atoms with Crippen LogP contribution in [0.3, 0.4) is 0 Å². The molecule has 0 radical (unpaired) electrons. The summed E-state index contributed by atoms with van der Waals surface area (Å²) in [6, 6.07) is 35.9. The second kappa shape index (κ2) is 11.3. The lowest BCUT2D eigenvalue weighted by atomic mass is 10.2. The smallest absolute Gasteiger partial charge is 0.211 e. The number of hydrogen-bond donors (Lipinski definition) is 0. The molecule has 0 spiro atoms. The molecular weight excluding hydrogens is 466 g/mol. The fraction of sp³-hybridized carbons (Fsp3) is 0.0667. The topological polar surface area (TPSA) is 48.1 Å². The highest BCUT2D eigenvalue weighted by atomic mass is 32.1. The predicted molar refractivity (Wildman–Crippen MR) is 146 cm³/mol. The van der Waals surface area contributed by atoms with Gasteiger partial charge < -0.3 is 9.47 Å². The fourth-order valence-corrected chi connectivity index (χ4v) is 4.47. The summed E-state index contributed by atoms with van der Waals surface area (Å²) in [5.41, 5.74) is 4.94. The van der Waals surface area contributed by atoms with Crippen LogP contribution in [0.1, 0.15) is 11.1 Å². The van der Waals surface area contributed by atoms with E-state index in [4.69, 9.17) is 19.6 Å². The molecule has 0 fully saturated rings. The van der Waals surface area contributed by atoms with Gasteiger partial charge in [0.25, 0.3) is 0 Å². The van der Waals surface area contributed by atoms with Crippen LogP contribution in [-0.4, -0.2) is 18.0 Å². The maximum Gasteiger partial charge on any atom is 0.211 e. The first-order valence-electron chi connectivity index (χ1n) is 11.5. The Balaban J connectivity index is 1.46. The Morgan fingerprint density at radius 1 is 0.806 bits per heavy atom. The Bertz CT molecular complexity index is 1510. The van der Waals surface area contributed by atoms with Crippen molar-refractivity contribution in [3.8, 4) is 22.8 Å². The third-order valence-corrected chi connectivity index (χ3v) is 6.30. The summed E-state index contributed by atoms with van der Waals surface area (Å²) in [7, 11) is 1.65. The van der Waals surface area contributed by atoms with Crippen molar-refractivity contribution in [2.75, 3.05) is 7.11 Å². The van der Waals surface area contributed by atoms with Crippen LogP contribution >= 0.6 is 11.3 Å². The van der Waals surface area contributed by atoms with Crippen molar-refractivity contribution in [1.29, 1.82) is 0 Å². The number of ether oxygens (including phenoxy) is 2. The van der Waals surface area contributed by atoms with Crippen LogP contribution in [0.2, 0.25) is 0 Å². The predicted octanol–water partition coefficient (Wildman–Crippen LogP) is 6.92. The highest BCUT2D eigenvalue weighted by Crippen LogP contribution is 2.22.